The molecule has 0 aromatic heterocycles. The molecule has 148 valence electrons. The number of hydrogen-bond acceptors (Lipinski definition) is 3. The Hall–Kier alpha value is -3.37. The van der Waals surface area contributed by atoms with Crippen molar-refractivity contribution in [2.24, 2.45) is 0 Å². The third-order valence-corrected chi connectivity index (χ3v) is 6.99. The Morgan fingerprint density at radius 1 is 0.700 bits per heavy atom. The molecule has 0 N–H and O–H groups in total. The largest absolute Gasteiger partial charge is 0.379 e. The van der Waals surface area contributed by atoms with E-state index in [2.05, 4.69) is 42.5 Å². The van der Waals surface area contributed by atoms with Crippen molar-refractivity contribution in [3.8, 4) is 28.0 Å². The van der Waals surface area contributed by atoms with Crippen molar-refractivity contribution < 1.29 is 12.6 Å². The summed E-state index contributed by atoms with van der Waals surface area (Å²) in [5, 5.41) is 0. The molecular formula is C26H20O3S. The zero-order valence-corrected chi connectivity index (χ0v) is 17.3. The van der Waals surface area contributed by atoms with Crippen LogP contribution in [0.15, 0.2) is 95.9 Å². The molecule has 0 amide bonds. The maximum atomic E-state index is 12.6. The number of hydrogen-bond donors (Lipinski definition) is 0. The summed E-state index contributed by atoms with van der Waals surface area (Å²) in [6.45, 7) is 1.76. The van der Waals surface area contributed by atoms with E-state index in [1.807, 2.05) is 12.1 Å². The third-order valence-electron chi connectivity index (χ3n) is 5.58. The van der Waals surface area contributed by atoms with Crippen LogP contribution < -0.4 is 4.18 Å². The minimum atomic E-state index is -3.87. The molecule has 4 heteroatoms. The van der Waals surface area contributed by atoms with Crippen LogP contribution in [-0.4, -0.2) is 8.42 Å². The van der Waals surface area contributed by atoms with Crippen LogP contribution in [0.5, 0.6) is 5.75 Å². The molecule has 0 atom stereocenters. The second-order valence-electron chi connectivity index (χ2n) is 7.49. The molecule has 1 aliphatic rings. The first-order chi connectivity index (χ1) is 14.5. The average molecular weight is 413 g/mol. The molecule has 0 bridgehead atoms. The lowest BCUT2D eigenvalue weighted by Crippen LogP contribution is -2.11. The van der Waals surface area contributed by atoms with Gasteiger partial charge in [-0.2, -0.15) is 8.42 Å². The van der Waals surface area contributed by atoms with Crippen LogP contribution in [0.1, 0.15) is 16.7 Å². The zero-order valence-electron chi connectivity index (χ0n) is 16.5. The van der Waals surface area contributed by atoms with Crippen molar-refractivity contribution in [1.29, 1.82) is 0 Å². The van der Waals surface area contributed by atoms with E-state index in [1.54, 1.807) is 43.3 Å². The van der Waals surface area contributed by atoms with Crippen LogP contribution in [0.4, 0.5) is 0 Å². The quantitative estimate of drug-likeness (QED) is 0.340. The van der Waals surface area contributed by atoms with Crippen molar-refractivity contribution in [2.45, 2.75) is 18.2 Å². The number of aryl methyl sites for hydroxylation is 1. The van der Waals surface area contributed by atoms with E-state index in [0.29, 0.717) is 11.3 Å². The average Bonchev–Trinajstić information content (AvgIpc) is 3.13. The van der Waals surface area contributed by atoms with Crippen LogP contribution in [0.3, 0.4) is 0 Å². The standard InChI is InChI=1S/C26H20O3S/c1-18-7-2-5-12-26(18)30(27,28)29-21-15-13-19(14-16-21)22-10-6-11-24-23-9-4-3-8-20(23)17-25(22)24/h2-16H,17H2,1H3. The highest BCUT2D eigenvalue weighted by Crippen LogP contribution is 2.41. The molecule has 0 heterocycles. The molecule has 4 aromatic carbocycles. The van der Waals surface area contributed by atoms with Gasteiger partial charge in [-0.05, 0) is 70.5 Å². The summed E-state index contributed by atoms with van der Waals surface area (Å²) >= 11 is 0. The van der Waals surface area contributed by atoms with Gasteiger partial charge in [0.2, 0.25) is 0 Å². The first-order valence-electron chi connectivity index (χ1n) is 9.84. The lowest BCUT2D eigenvalue weighted by molar-refractivity contribution is 0.485. The van der Waals surface area contributed by atoms with Gasteiger partial charge in [0.05, 0.1) is 0 Å². The molecule has 5 rings (SSSR count). The molecule has 1 aliphatic carbocycles. The lowest BCUT2D eigenvalue weighted by atomic mass is 9.96. The van der Waals surface area contributed by atoms with Crippen LogP contribution in [0, 0.1) is 6.92 Å². The summed E-state index contributed by atoms with van der Waals surface area (Å²) in [6.07, 6.45) is 0.904. The first-order valence-corrected chi connectivity index (χ1v) is 11.2. The second-order valence-corrected chi connectivity index (χ2v) is 9.01. The lowest BCUT2D eigenvalue weighted by Gasteiger charge is -2.11. The van der Waals surface area contributed by atoms with Gasteiger partial charge in [-0.3, -0.25) is 0 Å². The summed E-state index contributed by atoms with van der Waals surface area (Å²) in [4.78, 5) is 0.188. The normalized spacial score (nSPS) is 12.3. The molecule has 4 aromatic rings. The molecule has 0 fully saturated rings. The Labute approximate surface area is 176 Å². The van der Waals surface area contributed by atoms with E-state index in [1.165, 1.54) is 22.3 Å². The van der Waals surface area contributed by atoms with Gasteiger partial charge < -0.3 is 4.18 Å². The highest BCUT2D eigenvalue weighted by atomic mass is 32.2. The summed E-state index contributed by atoms with van der Waals surface area (Å²) in [7, 11) is -3.87. The van der Waals surface area contributed by atoms with E-state index in [-0.39, 0.29) is 4.90 Å². The van der Waals surface area contributed by atoms with E-state index >= 15 is 0 Å². The van der Waals surface area contributed by atoms with E-state index in [9.17, 15) is 8.42 Å². The van der Waals surface area contributed by atoms with Gasteiger partial charge in [-0.15, -0.1) is 0 Å². The molecule has 0 unspecified atom stereocenters. The fourth-order valence-corrected chi connectivity index (χ4v) is 5.29. The Balaban J connectivity index is 1.45. The maximum absolute atomic E-state index is 12.6. The van der Waals surface area contributed by atoms with Gasteiger partial charge in [-0.25, -0.2) is 0 Å². The van der Waals surface area contributed by atoms with Crippen molar-refractivity contribution in [1.82, 2.24) is 0 Å². The number of fused-ring (bicyclic) bond motifs is 3. The van der Waals surface area contributed by atoms with Crippen molar-refractivity contribution >= 4 is 10.1 Å². The highest BCUT2D eigenvalue weighted by molar-refractivity contribution is 7.87. The molecule has 0 spiro atoms. The number of rotatable bonds is 4. The topological polar surface area (TPSA) is 43.4 Å². The van der Waals surface area contributed by atoms with Crippen molar-refractivity contribution in [2.75, 3.05) is 0 Å². The Morgan fingerprint density at radius 3 is 2.17 bits per heavy atom. The fraction of sp³-hybridized carbons (Fsp3) is 0.0769. The monoisotopic (exact) mass is 412 g/mol. The summed E-state index contributed by atoms with van der Waals surface area (Å²) in [5.74, 6) is 0.304. The molecule has 30 heavy (non-hydrogen) atoms. The van der Waals surface area contributed by atoms with Gasteiger partial charge in [-0.1, -0.05) is 72.8 Å². The Morgan fingerprint density at radius 2 is 1.37 bits per heavy atom. The third kappa shape index (κ3) is 3.19. The second kappa shape index (κ2) is 7.15. The van der Waals surface area contributed by atoms with Crippen LogP contribution >= 0.6 is 0 Å². The molecule has 0 radical (unpaired) electrons. The predicted molar refractivity (Wildman–Crippen MR) is 119 cm³/mol. The van der Waals surface area contributed by atoms with Crippen molar-refractivity contribution in [3.63, 3.8) is 0 Å². The summed E-state index contributed by atoms with van der Waals surface area (Å²) in [5.41, 5.74) is 8.07. The van der Waals surface area contributed by atoms with E-state index in [4.69, 9.17) is 4.18 Å². The van der Waals surface area contributed by atoms with Gasteiger partial charge in [0, 0.05) is 0 Å². The molecule has 3 nitrogen and oxygen atoms in total. The highest BCUT2D eigenvalue weighted by Gasteiger charge is 2.22. The summed E-state index contributed by atoms with van der Waals surface area (Å²) in [6, 6.07) is 28.9. The summed E-state index contributed by atoms with van der Waals surface area (Å²) < 4.78 is 30.6. The van der Waals surface area contributed by atoms with E-state index < -0.39 is 10.1 Å². The SMILES string of the molecule is Cc1ccccc1S(=O)(=O)Oc1ccc(-c2cccc3c2Cc2ccccc2-3)cc1. The minimum absolute atomic E-state index is 0.188. The molecule has 0 saturated heterocycles. The molecule has 0 saturated carbocycles. The van der Waals surface area contributed by atoms with Crippen LogP contribution in [0.25, 0.3) is 22.3 Å². The Kier molecular flexibility index (Phi) is 4.44. The van der Waals surface area contributed by atoms with Gasteiger partial charge in [0.1, 0.15) is 10.6 Å². The number of benzene rings is 4. The predicted octanol–water partition coefficient (Wildman–Crippen LogP) is 6.00. The van der Waals surface area contributed by atoms with Gasteiger partial charge >= 0.3 is 10.1 Å². The van der Waals surface area contributed by atoms with E-state index in [0.717, 1.165) is 17.5 Å². The fourth-order valence-electron chi connectivity index (χ4n) is 4.13. The minimum Gasteiger partial charge on any atom is -0.379 e. The maximum Gasteiger partial charge on any atom is 0.339 e. The van der Waals surface area contributed by atoms with Crippen LogP contribution in [0.2, 0.25) is 0 Å². The van der Waals surface area contributed by atoms with Crippen LogP contribution in [-0.2, 0) is 16.5 Å². The molecule has 0 aliphatic heterocycles. The van der Waals surface area contributed by atoms with Gasteiger partial charge in [0.25, 0.3) is 0 Å². The van der Waals surface area contributed by atoms with Crippen molar-refractivity contribution in [3.05, 3.63) is 108 Å². The Bertz CT molecular complexity index is 1350. The smallest absolute Gasteiger partial charge is 0.339 e. The van der Waals surface area contributed by atoms with Gasteiger partial charge in [0.15, 0.2) is 0 Å². The molecular weight excluding hydrogens is 392 g/mol. The zero-order chi connectivity index (χ0) is 20.7. The first kappa shape index (κ1) is 18.6.